The molecule has 3 nitrogen and oxygen atoms in total. The fraction of sp³-hybridized carbons (Fsp3) is 0.500. The second-order valence-electron chi connectivity index (χ2n) is 5.49. The van der Waals surface area contributed by atoms with Crippen LogP contribution in [0.2, 0.25) is 0 Å². The first-order valence-electron chi connectivity index (χ1n) is 6.96. The minimum absolute atomic E-state index is 0.119. The zero-order valence-corrected chi connectivity index (χ0v) is 11.5. The second kappa shape index (κ2) is 4.66. The van der Waals surface area contributed by atoms with E-state index in [9.17, 15) is 5.11 Å². The van der Waals surface area contributed by atoms with Gasteiger partial charge in [-0.05, 0) is 25.0 Å². The van der Waals surface area contributed by atoms with Crippen molar-refractivity contribution in [3.63, 3.8) is 0 Å². The van der Waals surface area contributed by atoms with E-state index >= 15 is 0 Å². The molecule has 3 rings (SSSR count). The Kier molecular flexibility index (Phi) is 3.11. The SMILES string of the molecule is CCC1CC(O)(c2cc3cccc(C)c3o2)CCO1. The maximum atomic E-state index is 10.9. The molecule has 1 saturated heterocycles. The summed E-state index contributed by atoms with van der Waals surface area (Å²) >= 11 is 0. The number of aryl methyl sites for hydroxylation is 1. The number of hydrogen-bond donors (Lipinski definition) is 1. The summed E-state index contributed by atoms with van der Waals surface area (Å²) in [5.41, 5.74) is 1.10. The van der Waals surface area contributed by atoms with E-state index in [0.717, 1.165) is 23.0 Å². The highest BCUT2D eigenvalue weighted by Gasteiger charge is 2.38. The zero-order valence-electron chi connectivity index (χ0n) is 11.5. The smallest absolute Gasteiger partial charge is 0.137 e. The molecule has 0 amide bonds. The molecule has 1 fully saturated rings. The Morgan fingerprint density at radius 1 is 1.42 bits per heavy atom. The molecule has 2 heterocycles. The monoisotopic (exact) mass is 260 g/mol. The summed E-state index contributed by atoms with van der Waals surface area (Å²) in [6, 6.07) is 8.04. The van der Waals surface area contributed by atoms with E-state index in [1.807, 2.05) is 31.2 Å². The molecule has 0 spiro atoms. The average Bonchev–Trinajstić information content (AvgIpc) is 2.85. The van der Waals surface area contributed by atoms with Crippen molar-refractivity contribution in [2.45, 2.75) is 44.8 Å². The third kappa shape index (κ3) is 2.17. The molecule has 0 radical (unpaired) electrons. The molecule has 1 aromatic heterocycles. The van der Waals surface area contributed by atoms with Gasteiger partial charge in [0.2, 0.25) is 0 Å². The Balaban J connectivity index is 2.01. The van der Waals surface area contributed by atoms with Gasteiger partial charge in [0.05, 0.1) is 12.7 Å². The van der Waals surface area contributed by atoms with Gasteiger partial charge in [0.15, 0.2) is 0 Å². The largest absolute Gasteiger partial charge is 0.458 e. The van der Waals surface area contributed by atoms with Gasteiger partial charge in [-0.3, -0.25) is 0 Å². The van der Waals surface area contributed by atoms with E-state index in [4.69, 9.17) is 9.15 Å². The third-order valence-electron chi connectivity index (χ3n) is 4.09. The van der Waals surface area contributed by atoms with Crippen LogP contribution in [0.1, 0.15) is 37.5 Å². The van der Waals surface area contributed by atoms with Crippen molar-refractivity contribution in [3.05, 3.63) is 35.6 Å². The predicted octanol–water partition coefficient (Wildman–Crippen LogP) is 3.52. The highest BCUT2D eigenvalue weighted by molar-refractivity contribution is 5.81. The van der Waals surface area contributed by atoms with E-state index in [-0.39, 0.29) is 6.10 Å². The Morgan fingerprint density at radius 3 is 3.00 bits per heavy atom. The molecule has 3 heteroatoms. The Morgan fingerprint density at radius 2 is 2.26 bits per heavy atom. The third-order valence-corrected chi connectivity index (χ3v) is 4.09. The number of aliphatic hydroxyl groups is 1. The van der Waals surface area contributed by atoms with Crippen LogP contribution in [0.15, 0.2) is 28.7 Å². The van der Waals surface area contributed by atoms with Crippen molar-refractivity contribution in [1.29, 1.82) is 0 Å². The molecule has 19 heavy (non-hydrogen) atoms. The van der Waals surface area contributed by atoms with Crippen molar-refractivity contribution < 1.29 is 14.3 Å². The molecule has 0 bridgehead atoms. The van der Waals surface area contributed by atoms with Crippen LogP contribution in [0.5, 0.6) is 0 Å². The van der Waals surface area contributed by atoms with Crippen molar-refractivity contribution in [3.8, 4) is 0 Å². The normalized spacial score (nSPS) is 27.8. The lowest BCUT2D eigenvalue weighted by molar-refractivity contribution is -0.117. The van der Waals surface area contributed by atoms with Crippen molar-refractivity contribution >= 4 is 11.0 Å². The van der Waals surface area contributed by atoms with Crippen LogP contribution < -0.4 is 0 Å². The van der Waals surface area contributed by atoms with E-state index < -0.39 is 5.60 Å². The number of benzene rings is 1. The molecule has 2 unspecified atom stereocenters. The molecule has 1 N–H and O–H groups in total. The molecule has 2 atom stereocenters. The van der Waals surface area contributed by atoms with Crippen LogP contribution in [-0.4, -0.2) is 17.8 Å². The van der Waals surface area contributed by atoms with Gasteiger partial charge in [0, 0.05) is 18.2 Å². The summed E-state index contributed by atoms with van der Waals surface area (Å²) in [5.74, 6) is 0.679. The van der Waals surface area contributed by atoms with Gasteiger partial charge in [0.1, 0.15) is 16.9 Å². The Hall–Kier alpha value is -1.32. The fourth-order valence-electron chi connectivity index (χ4n) is 2.86. The van der Waals surface area contributed by atoms with Crippen LogP contribution in [0.25, 0.3) is 11.0 Å². The van der Waals surface area contributed by atoms with Crippen LogP contribution in [0.4, 0.5) is 0 Å². The predicted molar refractivity (Wildman–Crippen MR) is 74.1 cm³/mol. The first-order chi connectivity index (χ1) is 9.12. The molecular formula is C16H20O3. The lowest BCUT2D eigenvalue weighted by Gasteiger charge is -2.35. The highest BCUT2D eigenvalue weighted by atomic mass is 16.5. The maximum Gasteiger partial charge on any atom is 0.137 e. The topological polar surface area (TPSA) is 42.6 Å². The summed E-state index contributed by atoms with van der Waals surface area (Å²) in [6.45, 7) is 4.70. The van der Waals surface area contributed by atoms with Gasteiger partial charge in [-0.1, -0.05) is 25.1 Å². The molecular weight excluding hydrogens is 240 g/mol. The molecule has 2 aromatic rings. The maximum absolute atomic E-state index is 10.9. The molecule has 0 saturated carbocycles. The fourth-order valence-corrected chi connectivity index (χ4v) is 2.86. The van der Waals surface area contributed by atoms with Crippen LogP contribution in [0.3, 0.4) is 0 Å². The van der Waals surface area contributed by atoms with Crippen LogP contribution >= 0.6 is 0 Å². The Labute approximate surface area is 113 Å². The van der Waals surface area contributed by atoms with Crippen LogP contribution in [-0.2, 0) is 10.3 Å². The lowest BCUT2D eigenvalue weighted by atomic mass is 9.87. The number of rotatable bonds is 2. The number of para-hydroxylation sites is 1. The molecule has 1 aromatic carbocycles. The number of hydrogen-bond acceptors (Lipinski definition) is 3. The van der Waals surface area contributed by atoms with Crippen molar-refractivity contribution in [2.75, 3.05) is 6.61 Å². The molecule has 102 valence electrons. The molecule has 1 aliphatic heterocycles. The summed E-state index contributed by atoms with van der Waals surface area (Å²) in [7, 11) is 0. The van der Waals surface area contributed by atoms with Gasteiger partial charge in [-0.2, -0.15) is 0 Å². The van der Waals surface area contributed by atoms with Gasteiger partial charge in [-0.25, -0.2) is 0 Å². The van der Waals surface area contributed by atoms with Crippen LogP contribution in [0, 0.1) is 6.92 Å². The van der Waals surface area contributed by atoms with E-state index in [0.29, 0.717) is 25.2 Å². The van der Waals surface area contributed by atoms with Gasteiger partial charge in [0.25, 0.3) is 0 Å². The lowest BCUT2D eigenvalue weighted by Crippen LogP contribution is -2.38. The standard InChI is InChI=1S/C16H20O3/c1-3-13-10-16(17,7-8-18-13)14-9-12-6-4-5-11(2)15(12)19-14/h4-6,9,13,17H,3,7-8,10H2,1-2H3. The average molecular weight is 260 g/mol. The first kappa shape index (κ1) is 12.7. The molecule has 0 aliphatic carbocycles. The van der Waals surface area contributed by atoms with Crippen molar-refractivity contribution in [1.82, 2.24) is 0 Å². The minimum Gasteiger partial charge on any atom is -0.458 e. The van der Waals surface area contributed by atoms with E-state index in [2.05, 4.69) is 6.92 Å². The summed E-state index contributed by atoms with van der Waals surface area (Å²) in [4.78, 5) is 0. The van der Waals surface area contributed by atoms with E-state index in [1.165, 1.54) is 0 Å². The number of ether oxygens (including phenoxy) is 1. The zero-order chi connectivity index (χ0) is 13.5. The second-order valence-corrected chi connectivity index (χ2v) is 5.49. The first-order valence-corrected chi connectivity index (χ1v) is 6.96. The highest BCUT2D eigenvalue weighted by Crippen LogP contribution is 2.38. The molecule has 1 aliphatic rings. The van der Waals surface area contributed by atoms with Crippen molar-refractivity contribution in [2.24, 2.45) is 0 Å². The van der Waals surface area contributed by atoms with Gasteiger partial charge in [-0.15, -0.1) is 0 Å². The summed E-state index contributed by atoms with van der Waals surface area (Å²) in [5, 5.41) is 11.9. The summed E-state index contributed by atoms with van der Waals surface area (Å²) < 4.78 is 11.6. The summed E-state index contributed by atoms with van der Waals surface area (Å²) in [6.07, 6.45) is 2.25. The Bertz CT molecular complexity index is 587. The van der Waals surface area contributed by atoms with E-state index in [1.54, 1.807) is 0 Å². The number of furan rings is 1. The number of fused-ring (bicyclic) bond motifs is 1. The van der Waals surface area contributed by atoms with Gasteiger partial charge >= 0.3 is 0 Å². The quantitative estimate of drug-likeness (QED) is 0.898. The van der Waals surface area contributed by atoms with Gasteiger partial charge < -0.3 is 14.3 Å². The minimum atomic E-state index is -0.885.